The van der Waals surface area contributed by atoms with Gasteiger partial charge < -0.3 is 0 Å². The van der Waals surface area contributed by atoms with E-state index in [1.807, 2.05) is 42.5 Å². The molecule has 0 aliphatic heterocycles. The number of nitrogens with zero attached hydrogens (tertiary/aromatic N) is 2. The molecule has 0 saturated carbocycles. The van der Waals surface area contributed by atoms with Gasteiger partial charge in [-0.1, -0.05) is 30.3 Å². The zero-order valence-corrected chi connectivity index (χ0v) is 11.8. The molecule has 0 bridgehead atoms. The average molecular weight is 284 g/mol. The Morgan fingerprint density at radius 3 is 2.36 bits per heavy atom. The molecule has 3 heteroatoms. The van der Waals surface area contributed by atoms with Crippen LogP contribution in [0.1, 0.15) is 15.9 Å². The monoisotopic (exact) mass is 284 g/mol. The fourth-order valence-electron chi connectivity index (χ4n) is 3.14. The van der Waals surface area contributed by atoms with E-state index >= 15 is 0 Å². The first-order valence-corrected chi connectivity index (χ1v) is 6.93. The lowest BCUT2D eigenvalue weighted by Crippen LogP contribution is -2.09. The number of rotatable bonds is 2. The van der Waals surface area contributed by atoms with E-state index in [9.17, 15) is 4.79 Å². The third-order valence-electron chi connectivity index (χ3n) is 4.15. The molecule has 4 rings (SSSR count). The molecular formula is C19H12N2O. The van der Waals surface area contributed by atoms with Gasteiger partial charge in [-0.15, -0.1) is 0 Å². The molecule has 0 unspecified atom stereocenters. The Morgan fingerprint density at radius 2 is 1.59 bits per heavy atom. The predicted molar refractivity (Wildman–Crippen MR) is 91.2 cm³/mol. The van der Waals surface area contributed by atoms with Crippen molar-refractivity contribution in [1.82, 2.24) is 0 Å². The summed E-state index contributed by atoms with van der Waals surface area (Å²) in [6.07, 6.45) is 0. The van der Waals surface area contributed by atoms with Crippen molar-refractivity contribution in [1.29, 1.82) is 0 Å². The van der Waals surface area contributed by atoms with Crippen molar-refractivity contribution in [2.75, 3.05) is 0 Å². The summed E-state index contributed by atoms with van der Waals surface area (Å²) in [5.41, 5.74) is 4.84. The van der Waals surface area contributed by atoms with Gasteiger partial charge in [0.05, 0.1) is 11.4 Å². The molecule has 3 aromatic carbocycles. The fourth-order valence-corrected chi connectivity index (χ4v) is 3.14. The number of hydrogen-bond acceptors (Lipinski definition) is 3. The maximum absolute atomic E-state index is 12.9. The van der Waals surface area contributed by atoms with Crippen LogP contribution < -0.4 is 0 Å². The third kappa shape index (κ3) is 1.53. The van der Waals surface area contributed by atoms with E-state index in [2.05, 4.69) is 23.4 Å². The second kappa shape index (κ2) is 4.46. The molecule has 0 fully saturated rings. The van der Waals surface area contributed by atoms with Gasteiger partial charge in [0.15, 0.2) is 5.78 Å². The van der Waals surface area contributed by atoms with Gasteiger partial charge in [-0.05, 0) is 42.8 Å². The van der Waals surface area contributed by atoms with E-state index in [-0.39, 0.29) is 5.78 Å². The number of hydrogen-bond donors (Lipinski definition) is 0. The van der Waals surface area contributed by atoms with E-state index < -0.39 is 0 Å². The number of benzene rings is 3. The molecule has 0 saturated heterocycles. The summed E-state index contributed by atoms with van der Waals surface area (Å²) in [6, 6.07) is 15.3. The number of aliphatic imine (C=N–C) groups is 2. The minimum Gasteiger partial charge on any atom is -0.289 e. The Bertz CT molecular complexity index is 986. The lowest BCUT2D eigenvalue weighted by molar-refractivity contribution is 0.104. The minimum absolute atomic E-state index is 0.0137. The standard InChI is InChI=1S/C19H12N2O/c1-20-11-6-7-12-13-8-9-17(21-2)14-4-3-5-15(18(13)14)19(22)16(12)10-11/h3-10H,1-2H2. The molecule has 0 spiro atoms. The van der Waals surface area contributed by atoms with Crippen LogP contribution in [0.3, 0.4) is 0 Å². The maximum atomic E-state index is 12.9. The van der Waals surface area contributed by atoms with Gasteiger partial charge in [0.2, 0.25) is 0 Å². The second-order valence-corrected chi connectivity index (χ2v) is 5.24. The predicted octanol–water partition coefficient (Wildman–Crippen LogP) is 4.72. The second-order valence-electron chi connectivity index (χ2n) is 5.24. The van der Waals surface area contributed by atoms with Crippen LogP contribution in [0.25, 0.3) is 21.9 Å². The Morgan fingerprint density at radius 1 is 0.773 bits per heavy atom. The molecule has 0 atom stereocenters. The highest BCUT2D eigenvalue weighted by Crippen LogP contribution is 2.43. The fraction of sp³-hybridized carbons (Fsp3) is 0. The van der Waals surface area contributed by atoms with Gasteiger partial charge in [0, 0.05) is 21.9 Å². The molecule has 22 heavy (non-hydrogen) atoms. The van der Waals surface area contributed by atoms with Gasteiger partial charge >= 0.3 is 0 Å². The lowest BCUT2D eigenvalue weighted by Gasteiger charge is -2.20. The van der Waals surface area contributed by atoms with Gasteiger partial charge in [0.1, 0.15) is 0 Å². The molecule has 1 aliphatic carbocycles. The normalized spacial score (nSPS) is 12.1. The van der Waals surface area contributed by atoms with Crippen LogP contribution in [0.15, 0.2) is 58.5 Å². The summed E-state index contributed by atoms with van der Waals surface area (Å²) in [4.78, 5) is 20.8. The van der Waals surface area contributed by atoms with Crippen molar-refractivity contribution in [2.45, 2.75) is 0 Å². The van der Waals surface area contributed by atoms with Crippen molar-refractivity contribution in [3.63, 3.8) is 0 Å². The summed E-state index contributed by atoms with van der Waals surface area (Å²) < 4.78 is 0. The van der Waals surface area contributed by atoms with Crippen molar-refractivity contribution >= 4 is 41.4 Å². The van der Waals surface area contributed by atoms with Crippen LogP contribution in [0, 0.1) is 0 Å². The van der Waals surface area contributed by atoms with Crippen molar-refractivity contribution < 1.29 is 4.79 Å². The molecule has 0 radical (unpaired) electrons. The van der Waals surface area contributed by atoms with Crippen LogP contribution in [0.2, 0.25) is 0 Å². The Kier molecular flexibility index (Phi) is 2.57. The number of carbonyl (C=O) groups excluding carboxylic acids is 1. The molecule has 0 aromatic heterocycles. The first kappa shape index (κ1) is 12.7. The lowest BCUT2D eigenvalue weighted by atomic mass is 9.82. The molecule has 104 valence electrons. The van der Waals surface area contributed by atoms with Crippen LogP contribution in [0.5, 0.6) is 0 Å². The third-order valence-corrected chi connectivity index (χ3v) is 4.15. The summed E-state index contributed by atoms with van der Waals surface area (Å²) in [5.74, 6) is 0.0137. The van der Waals surface area contributed by atoms with Crippen LogP contribution in [-0.4, -0.2) is 19.2 Å². The van der Waals surface area contributed by atoms with E-state index in [0.717, 1.165) is 27.6 Å². The average Bonchev–Trinajstić information content (AvgIpc) is 2.58. The summed E-state index contributed by atoms with van der Waals surface area (Å²) in [5, 5.41) is 1.90. The Balaban J connectivity index is 2.19. The summed E-state index contributed by atoms with van der Waals surface area (Å²) in [6.45, 7) is 7.15. The van der Waals surface area contributed by atoms with Crippen LogP contribution in [-0.2, 0) is 0 Å². The molecule has 1 aliphatic rings. The molecule has 0 amide bonds. The highest BCUT2D eigenvalue weighted by Gasteiger charge is 2.25. The van der Waals surface area contributed by atoms with E-state index in [0.29, 0.717) is 16.8 Å². The minimum atomic E-state index is 0.0137. The van der Waals surface area contributed by atoms with E-state index in [4.69, 9.17) is 0 Å². The van der Waals surface area contributed by atoms with Crippen LogP contribution in [0.4, 0.5) is 11.4 Å². The molecular weight excluding hydrogens is 272 g/mol. The Hall–Kier alpha value is -3.07. The number of ketones is 1. The van der Waals surface area contributed by atoms with Gasteiger partial charge in [-0.3, -0.25) is 14.8 Å². The van der Waals surface area contributed by atoms with Crippen molar-refractivity contribution in [2.24, 2.45) is 9.98 Å². The molecule has 0 N–H and O–H groups in total. The first-order chi connectivity index (χ1) is 10.7. The quantitative estimate of drug-likeness (QED) is 0.491. The number of carbonyl (C=O) groups is 1. The zero-order chi connectivity index (χ0) is 15.3. The van der Waals surface area contributed by atoms with Gasteiger partial charge in [-0.25, -0.2) is 0 Å². The van der Waals surface area contributed by atoms with Gasteiger partial charge in [0.25, 0.3) is 0 Å². The van der Waals surface area contributed by atoms with Crippen molar-refractivity contribution in [3.05, 3.63) is 59.7 Å². The van der Waals surface area contributed by atoms with Gasteiger partial charge in [-0.2, -0.15) is 0 Å². The number of fused-ring (bicyclic) bond motifs is 2. The zero-order valence-electron chi connectivity index (χ0n) is 11.8. The first-order valence-electron chi connectivity index (χ1n) is 6.93. The smallest absolute Gasteiger partial charge is 0.194 e. The highest BCUT2D eigenvalue weighted by molar-refractivity contribution is 6.27. The largest absolute Gasteiger partial charge is 0.289 e. The van der Waals surface area contributed by atoms with E-state index in [1.165, 1.54) is 0 Å². The molecule has 0 heterocycles. The SMILES string of the molecule is C=Nc1ccc2c(c1)C(=O)c1cccc3c(N=C)ccc-2c13. The Labute approximate surface area is 127 Å². The van der Waals surface area contributed by atoms with Crippen LogP contribution >= 0.6 is 0 Å². The molecule has 3 aromatic rings. The highest BCUT2D eigenvalue weighted by atomic mass is 16.1. The topological polar surface area (TPSA) is 41.8 Å². The molecule has 3 nitrogen and oxygen atoms in total. The van der Waals surface area contributed by atoms with Crippen molar-refractivity contribution in [3.8, 4) is 11.1 Å². The van der Waals surface area contributed by atoms with E-state index in [1.54, 1.807) is 6.07 Å². The summed E-state index contributed by atoms with van der Waals surface area (Å²) in [7, 11) is 0. The maximum Gasteiger partial charge on any atom is 0.194 e. The summed E-state index contributed by atoms with van der Waals surface area (Å²) >= 11 is 0.